The first-order valence-electron chi connectivity index (χ1n) is 10.6. The van der Waals surface area contributed by atoms with Crippen molar-refractivity contribution in [2.75, 3.05) is 6.61 Å². The summed E-state index contributed by atoms with van der Waals surface area (Å²) in [5.74, 6) is -3.20. The van der Waals surface area contributed by atoms with Crippen molar-refractivity contribution in [3.8, 4) is 11.5 Å². The Morgan fingerprint density at radius 1 is 1.24 bits per heavy atom. The predicted molar refractivity (Wildman–Crippen MR) is 114 cm³/mol. The Morgan fingerprint density at radius 3 is 2.68 bits per heavy atom. The van der Waals surface area contributed by atoms with E-state index in [1.54, 1.807) is 26.0 Å². The number of nitrogens with zero attached hydrogens (tertiary/aromatic N) is 2. The Hall–Kier alpha value is -3.27. The largest absolute Gasteiger partial charge is 0.586 e. The van der Waals surface area contributed by atoms with Crippen LogP contribution in [0.25, 0.3) is 0 Å². The van der Waals surface area contributed by atoms with Crippen LogP contribution in [0, 0.1) is 5.92 Å². The minimum Gasteiger partial charge on any atom is -0.464 e. The van der Waals surface area contributed by atoms with E-state index >= 15 is 0 Å². The molecule has 0 saturated carbocycles. The zero-order valence-corrected chi connectivity index (χ0v) is 19.1. The fraction of sp³-hybridized carbons (Fsp3) is 0.391. The molecule has 1 aromatic carbocycles. The van der Waals surface area contributed by atoms with Crippen molar-refractivity contribution < 1.29 is 37.4 Å². The molecule has 0 bridgehead atoms. The number of fused-ring (bicyclic) bond motifs is 1. The van der Waals surface area contributed by atoms with Crippen molar-refractivity contribution in [2.45, 2.75) is 44.9 Å². The van der Waals surface area contributed by atoms with E-state index in [1.807, 2.05) is 0 Å². The molecular formula is C23H21ClF2N2O6. The quantitative estimate of drug-likeness (QED) is 0.329. The Labute approximate surface area is 198 Å². The highest BCUT2D eigenvalue weighted by molar-refractivity contribution is 6.29. The molecule has 8 nitrogen and oxygen atoms in total. The molecule has 1 fully saturated rings. The van der Waals surface area contributed by atoms with Gasteiger partial charge in [-0.25, -0.2) is 9.78 Å². The smallest absolute Gasteiger partial charge is 0.464 e. The van der Waals surface area contributed by atoms with E-state index in [4.69, 9.17) is 16.3 Å². The topological polar surface area (TPSA) is 95.0 Å². The predicted octanol–water partition coefficient (Wildman–Crippen LogP) is 3.71. The third-order valence-corrected chi connectivity index (χ3v) is 5.94. The molecule has 34 heavy (non-hydrogen) atoms. The maximum absolute atomic E-state index is 13.3. The van der Waals surface area contributed by atoms with E-state index in [1.165, 1.54) is 24.4 Å². The van der Waals surface area contributed by atoms with Gasteiger partial charge in [0.1, 0.15) is 11.2 Å². The van der Waals surface area contributed by atoms with Gasteiger partial charge in [0, 0.05) is 12.6 Å². The number of amides is 2. The fourth-order valence-electron chi connectivity index (χ4n) is 4.10. The Morgan fingerprint density at radius 2 is 1.97 bits per heavy atom. The van der Waals surface area contributed by atoms with E-state index in [0.717, 1.165) is 4.90 Å². The van der Waals surface area contributed by atoms with Crippen LogP contribution in [-0.2, 0) is 25.5 Å². The summed E-state index contributed by atoms with van der Waals surface area (Å²) in [6.07, 6.45) is -2.19. The van der Waals surface area contributed by atoms with Crippen molar-refractivity contribution in [1.82, 2.24) is 9.88 Å². The number of aromatic nitrogens is 1. The molecule has 4 rings (SSSR count). The van der Waals surface area contributed by atoms with Crippen LogP contribution in [0.4, 0.5) is 8.78 Å². The van der Waals surface area contributed by atoms with Crippen molar-refractivity contribution in [2.24, 2.45) is 5.92 Å². The van der Waals surface area contributed by atoms with Crippen LogP contribution in [0.1, 0.15) is 37.3 Å². The maximum atomic E-state index is 13.3. The van der Waals surface area contributed by atoms with Crippen LogP contribution in [-0.4, -0.2) is 46.6 Å². The molecular weight excluding hydrogens is 474 g/mol. The lowest BCUT2D eigenvalue weighted by Crippen LogP contribution is -2.67. The normalized spacial score (nSPS) is 21.1. The number of alkyl halides is 2. The number of carbonyl (C=O) groups excluding carboxylic acids is 3. The van der Waals surface area contributed by atoms with Gasteiger partial charge in [0.25, 0.3) is 0 Å². The summed E-state index contributed by atoms with van der Waals surface area (Å²) in [5, 5.41) is 0.250. The van der Waals surface area contributed by atoms with E-state index in [2.05, 4.69) is 14.5 Å². The van der Waals surface area contributed by atoms with Crippen LogP contribution in [0.2, 0.25) is 5.15 Å². The molecule has 2 aliphatic heterocycles. The minimum absolute atomic E-state index is 0.0948. The van der Waals surface area contributed by atoms with Crippen LogP contribution < -0.4 is 9.47 Å². The number of β-lactam (4-membered cyclic amide) rings is 1. The number of rotatable bonds is 7. The van der Waals surface area contributed by atoms with Crippen LogP contribution in [0.15, 0.2) is 36.5 Å². The number of hydrogen-bond acceptors (Lipinski definition) is 7. The van der Waals surface area contributed by atoms with Gasteiger partial charge < -0.3 is 14.2 Å². The van der Waals surface area contributed by atoms with Crippen molar-refractivity contribution >= 4 is 29.4 Å². The highest BCUT2D eigenvalue weighted by Crippen LogP contribution is 2.43. The molecule has 3 atom stereocenters. The zero-order chi connectivity index (χ0) is 24.6. The lowest BCUT2D eigenvalue weighted by Gasteiger charge is -2.44. The third-order valence-electron chi connectivity index (χ3n) is 5.73. The Bertz CT molecular complexity index is 1140. The van der Waals surface area contributed by atoms with Gasteiger partial charge in [-0.1, -0.05) is 24.6 Å². The van der Waals surface area contributed by atoms with Gasteiger partial charge in [-0.15, -0.1) is 8.78 Å². The highest BCUT2D eigenvalue weighted by Gasteiger charge is 2.55. The molecule has 0 spiro atoms. The van der Waals surface area contributed by atoms with E-state index in [0.29, 0.717) is 11.1 Å². The molecule has 180 valence electrons. The first-order chi connectivity index (χ1) is 16.1. The zero-order valence-electron chi connectivity index (χ0n) is 18.3. The number of imide groups is 1. The monoisotopic (exact) mass is 494 g/mol. The molecule has 0 radical (unpaired) electrons. The summed E-state index contributed by atoms with van der Waals surface area (Å²) in [6.45, 7) is 3.43. The number of likely N-dealkylation sites (tertiary alicyclic amines) is 1. The Kier molecular flexibility index (Phi) is 6.44. The summed E-state index contributed by atoms with van der Waals surface area (Å²) < 4.78 is 40.5. The number of esters is 1. The molecule has 11 heteroatoms. The number of halogens is 3. The van der Waals surface area contributed by atoms with Gasteiger partial charge in [0.2, 0.25) is 11.8 Å². The second-order valence-corrected chi connectivity index (χ2v) is 8.46. The summed E-state index contributed by atoms with van der Waals surface area (Å²) >= 11 is 5.91. The summed E-state index contributed by atoms with van der Waals surface area (Å²) in [5.41, 5.74) is 1.24. The van der Waals surface area contributed by atoms with E-state index in [9.17, 15) is 23.2 Å². The second-order valence-electron chi connectivity index (χ2n) is 8.08. The summed E-state index contributed by atoms with van der Waals surface area (Å²) in [4.78, 5) is 43.3. The SMILES string of the molecule is CCOC(=O)[C@@H]1[C@@H](Cc2ccnc(Cl)c2)C(=O)N1C(=O)C[C@H](C)c1ccc2c(c1)OC(F)(F)O2. The standard InChI is InChI=1S/C23H21ClF2N2O6/c1-3-32-22(31)20-15(9-13-6-7-27-18(24)10-13)21(30)28(20)19(29)8-12(2)14-4-5-16-17(11-14)34-23(25,26)33-16/h4-7,10-12,15,20H,3,8-9H2,1-2H3/t12-,15+,20-/m0/s1. The summed E-state index contributed by atoms with van der Waals surface area (Å²) in [7, 11) is 0. The van der Waals surface area contributed by atoms with E-state index in [-0.39, 0.29) is 36.1 Å². The number of benzene rings is 1. The van der Waals surface area contributed by atoms with Gasteiger partial charge >= 0.3 is 12.3 Å². The van der Waals surface area contributed by atoms with Crippen LogP contribution in [0.5, 0.6) is 11.5 Å². The van der Waals surface area contributed by atoms with E-state index < -0.39 is 42.0 Å². The molecule has 0 N–H and O–H groups in total. The van der Waals surface area contributed by atoms with Gasteiger partial charge in [-0.2, -0.15) is 0 Å². The molecule has 1 saturated heterocycles. The molecule has 2 aliphatic rings. The molecule has 1 aromatic heterocycles. The number of pyridine rings is 1. The van der Waals surface area contributed by atoms with Gasteiger partial charge in [0.15, 0.2) is 11.5 Å². The third kappa shape index (κ3) is 4.68. The average Bonchev–Trinajstić information content (AvgIpc) is 3.08. The highest BCUT2D eigenvalue weighted by atomic mass is 35.5. The fourth-order valence-corrected chi connectivity index (χ4v) is 4.29. The lowest BCUT2D eigenvalue weighted by molar-refractivity contribution is -0.286. The van der Waals surface area contributed by atoms with Crippen molar-refractivity contribution in [3.05, 3.63) is 52.8 Å². The lowest BCUT2D eigenvalue weighted by atomic mass is 9.81. The maximum Gasteiger partial charge on any atom is 0.586 e. The first kappa shape index (κ1) is 23.9. The van der Waals surface area contributed by atoms with Crippen LogP contribution in [0.3, 0.4) is 0 Å². The molecule has 2 amide bonds. The molecule has 0 aliphatic carbocycles. The van der Waals surface area contributed by atoms with Crippen molar-refractivity contribution in [3.63, 3.8) is 0 Å². The van der Waals surface area contributed by atoms with Gasteiger partial charge in [0.05, 0.1) is 12.5 Å². The van der Waals surface area contributed by atoms with Crippen molar-refractivity contribution in [1.29, 1.82) is 0 Å². The number of carbonyl (C=O) groups is 3. The Balaban J connectivity index is 1.48. The molecule has 2 aromatic rings. The number of ether oxygens (including phenoxy) is 3. The number of hydrogen-bond donors (Lipinski definition) is 0. The first-order valence-corrected chi connectivity index (χ1v) is 11.0. The van der Waals surface area contributed by atoms with Gasteiger partial charge in [-0.05, 0) is 54.7 Å². The average molecular weight is 495 g/mol. The van der Waals surface area contributed by atoms with Gasteiger partial charge in [-0.3, -0.25) is 14.5 Å². The second kappa shape index (κ2) is 9.17. The summed E-state index contributed by atoms with van der Waals surface area (Å²) in [6, 6.07) is 6.45. The molecule has 0 unspecified atom stereocenters. The van der Waals surface area contributed by atoms with Crippen LogP contribution >= 0.6 is 11.6 Å². The molecule has 3 heterocycles. The minimum atomic E-state index is -3.75.